The van der Waals surface area contributed by atoms with Crippen molar-refractivity contribution in [2.75, 3.05) is 0 Å². The molecule has 2 aromatic carbocycles. The Hall–Kier alpha value is -1.40. The van der Waals surface area contributed by atoms with E-state index in [2.05, 4.69) is 0 Å². The van der Waals surface area contributed by atoms with Crippen LogP contribution < -0.4 is 0 Å². The molecule has 0 heterocycles. The molecule has 0 bridgehead atoms. The van der Waals surface area contributed by atoms with Gasteiger partial charge >= 0.3 is 12.4 Å². The lowest BCUT2D eigenvalue weighted by Gasteiger charge is -2.16. The second-order valence-electron chi connectivity index (χ2n) is 4.38. The third kappa shape index (κ3) is 3.50. The van der Waals surface area contributed by atoms with Crippen LogP contribution in [-0.2, 0) is 12.4 Å². The molecule has 22 heavy (non-hydrogen) atoms. The fourth-order valence-electron chi connectivity index (χ4n) is 1.89. The maximum Gasteiger partial charge on any atom is 0.417 e. The van der Waals surface area contributed by atoms with Gasteiger partial charge in [0.05, 0.1) is 11.1 Å². The molecule has 2 aromatic rings. The highest BCUT2D eigenvalue weighted by atomic mass is 35.5. The number of hydrogen-bond acceptors (Lipinski definition) is 0. The van der Waals surface area contributed by atoms with Crippen LogP contribution in [0, 0.1) is 0 Å². The van der Waals surface area contributed by atoms with Crippen LogP contribution in [0.1, 0.15) is 11.1 Å². The highest BCUT2D eigenvalue weighted by Gasteiger charge is 2.35. The Bertz CT molecular complexity index is 703. The molecule has 0 saturated heterocycles. The van der Waals surface area contributed by atoms with Crippen LogP contribution in [0.2, 0.25) is 10.0 Å². The lowest BCUT2D eigenvalue weighted by Crippen LogP contribution is -2.08. The Morgan fingerprint density at radius 2 is 1.32 bits per heavy atom. The normalized spacial score (nSPS) is 12.5. The van der Waals surface area contributed by atoms with Crippen molar-refractivity contribution in [1.82, 2.24) is 0 Å². The molecule has 0 aromatic heterocycles. The van der Waals surface area contributed by atoms with Crippen molar-refractivity contribution in [2.45, 2.75) is 12.4 Å². The Balaban J connectivity index is 2.74. The molecule has 2 rings (SSSR count). The number of hydrogen-bond donors (Lipinski definition) is 0. The first-order valence-corrected chi connectivity index (χ1v) is 6.49. The lowest BCUT2D eigenvalue weighted by atomic mass is 9.97. The van der Waals surface area contributed by atoms with Gasteiger partial charge in [0.2, 0.25) is 0 Å². The summed E-state index contributed by atoms with van der Waals surface area (Å²) < 4.78 is 77.3. The maximum atomic E-state index is 13.0. The summed E-state index contributed by atoms with van der Waals surface area (Å²) in [5, 5.41) is -0.280. The van der Waals surface area contributed by atoms with Crippen molar-refractivity contribution in [3.63, 3.8) is 0 Å². The Morgan fingerprint density at radius 1 is 0.682 bits per heavy atom. The molecule has 0 N–H and O–H groups in total. The van der Waals surface area contributed by atoms with E-state index < -0.39 is 29.0 Å². The van der Waals surface area contributed by atoms with Crippen LogP contribution in [0.25, 0.3) is 11.1 Å². The summed E-state index contributed by atoms with van der Waals surface area (Å²) in [6.07, 6.45) is -9.45. The van der Waals surface area contributed by atoms with Gasteiger partial charge in [-0.3, -0.25) is 0 Å². The zero-order chi connectivity index (χ0) is 16.7. The smallest absolute Gasteiger partial charge is 0.166 e. The van der Waals surface area contributed by atoms with Crippen molar-refractivity contribution < 1.29 is 26.3 Å². The zero-order valence-electron chi connectivity index (χ0n) is 10.5. The molecule has 0 nitrogen and oxygen atoms in total. The van der Waals surface area contributed by atoms with E-state index in [1.807, 2.05) is 0 Å². The first-order valence-electron chi connectivity index (χ1n) is 5.74. The van der Waals surface area contributed by atoms with E-state index in [0.717, 1.165) is 18.2 Å². The van der Waals surface area contributed by atoms with Crippen LogP contribution in [0.3, 0.4) is 0 Å². The molecule has 118 valence electrons. The molecule has 0 aliphatic rings. The van der Waals surface area contributed by atoms with Gasteiger partial charge in [-0.25, -0.2) is 0 Å². The van der Waals surface area contributed by atoms with Gasteiger partial charge in [0.25, 0.3) is 0 Å². The van der Waals surface area contributed by atoms with Crippen molar-refractivity contribution in [2.24, 2.45) is 0 Å². The van der Waals surface area contributed by atoms with Crippen molar-refractivity contribution in [3.05, 3.63) is 57.6 Å². The van der Waals surface area contributed by atoms with E-state index in [9.17, 15) is 26.3 Å². The minimum absolute atomic E-state index is 0.0449. The van der Waals surface area contributed by atoms with Gasteiger partial charge in [-0.1, -0.05) is 23.2 Å². The fraction of sp³-hybridized carbons (Fsp3) is 0.143. The molecule has 0 radical (unpaired) electrons. The first-order chi connectivity index (χ1) is 10.00. The summed E-state index contributed by atoms with van der Waals surface area (Å²) in [4.78, 5) is 0. The highest BCUT2D eigenvalue weighted by Crippen LogP contribution is 2.42. The quantitative estimate of drug-likeness (QED) is 0.497. The summed E-state index contributed by atoms with van der Waals surface area (Å²) in [5.41, 5.74) is -3.10. The Labute approximate surface area is 131 Å². The van der Waals surface area contributed by atoms with Crippen LogP contribution in [-0.4, -0.2) is 0 Å². The first kappa shape index (κ1) is 17.0. The zero-order valence-corrected chi connectivity index (χ0v) is 12.0. The SMILES string of the molecule is FC(F)(F)c1ccc(Cl)c(-c2cc(Cl)ccc2C(F)(F)F)c1. The molecule has 0 atom stereocenters. The fourth-order valence-corrected chi connectivity index (χ4v) is 2.29. The Kier molecular flexibility index (Phi) is 4.37. The van der Waals surface area contributed by atoms with Gasteiger partial charge < -0.3 is 0 Å². The van der Waals surface area contributed by atoms with Gasteiger partial charge in [-0.05, 0) is 42.0 Å². The van der Waals surface area contributed by atoms with Crippen LogP contribution >= 0.6 is 23.2 Å². The second-order valence-corrected chi connectivity index (χ2v) is 5.22. The van der Waals surface area contributed by atoms with Gasteiger partial charge in [0.1, 0.15) is 0 Å². The van der Waals surface area contributed by atoms with Gasteiger partial charge in [0, 0.05) is 15.6 Å². The van der Waals surface area contributed by atoms with Crippen LogP contribution in [0.5, 0.6) is 0 Å². The lowest BCUT2D eigenvalue weighted by molar-refractivity contribution is -0.137. The minimum Gasteiger partial charge on any atom is -0.166 e. The number of alkyl halides is 6. The molecule has 0 unspecified atom stereocenters. The van der Waals surface area contributed by atoms with Crippen LogP contribution in [0.4, 0.5) is 26.3 Å². The minimum atomic E-state index is -4.75. The van der Waals surface area contributed by atoms with Gasteiger partial charge in [-0.2, -0.15) is 26.3 Å². The molecule has 0 aliphatic heterocycles. The summed E-state index contributed by atoms with van der Waals surface area (Å²) in [7, 11) is 0. The van der Waals surface area contributed by atoms with Gasteiger partial charge in [0.15, 0.2) is 0 Å². The van der Waals surface area contributed by atoms with E-state index in [-0.39, 0.29) is 15.6 Å². The molecule has 0 aliphatic carbocycles. The van der Waals surface area contributed by atoms with Crippen LogP contribution in [0.15, 0.2) is 36.4 Å². The topological polar surface area (TPSA) is 0 Å². The van der Waals surface area contributed by atoms with E-state index >= 15 is 0 Å². The average molecular weight is 359 g/mol. The number of rotatable bonds is 1. The molecule has 0 spiro atoms. The number of halogens is 8. The molecule has 0 saturated carbocycles. The number of benzene rings is 2. The maximum absolute atomic E-state index is 13.0. The predicted molar refractivity (Wildman–Crippen MR) is 71.9 cm³/mol. The highest BCUT2D eigenvalue weighted by molar-refractivity contribution is 6.34. The van der Waals surface area contributed by atoms with Crippen molar-refractivity contribution in [1.29, 1.82) is 0 Å². The van der Waals surface area contributed by atoms with Crippen molar-refractivity contribution >= 4 is 23.2 Å². The standard InChI is InChI=1S/C14H6Cl2F6/c15-8-2-3-11(14(20,21)22)9(6-8)10-5-7(13(17,18)19)1-4-12(10)16/h1-6H. The predicted octanol–water partition coefficient (Wildman–Crippen LogP) is 6.70. The third-order valence-corrected chi connectivity index (χ3v) is 3.44. The summed E-state index contributed by atoms with van der Waals surface area (Å²) >= 11 is 11.4. The average Bonchev–Trinajstić information content (AvgIpc) is 2.36. The molecule has 0 amide bonds. The monoisotopic (exact) mass is 358 g/mol. The van der Waals surface area contributed by atoms with E-state index in [0.29, 0.717) is 18.2 Å². The second kappa shape index (κ2) is 5.66. The van der Waals surface area contributed by atoms with E-state index in [1.165, 1.54) is 0 Å². The largest absolute Gasteiger partial charge is 0.417 e. The summed E-state index contributed by atoms with van der Waals surface area (Å²) in [6, 6.07) is 4.82. The van der Waals surface area contributed by atoms with E-state index in [4.69, 9.17) is 23.2 Å². The van der Waals surface area contributed by atoms with Crippen molar-refractivity contribution in [3.8, 4) is 11.1 Å². The Morgan fingerprint density at radius 3 is 1.86 bits per heavy atom. The summed E-state index contributed by atoms with van der Waals surface area (Å²) in [5.74, 6) is 0. The molecular weight excluding hydrogens is 353 g/mol. The third-order valence-electron chi connectivity index (χ3n) is 2.87. The van der Waals surface area contributed by atoms with Gasteiger partial charge in [-0.15, -0.1) is 0 Å². The molecule has 8 heteroatoms. The molecule has 0 fully saturated rings. The van der Waals surface area contributed by atoms with E-state index in [1.54, 1.807) is 0 Å². The summed E-state index contributed by atoms with van der Waals surface area (Å²) in [6.45, 7) is 0. The molecular formula is C14H6Cl2F6.